The molecule has 0 bridgehead atoms. The highest BCUT2D eigenvalue weighted by Crippen LogP contribution is 2.39. The van der Waals surface area contributed by atoms with Gasteiger partial charge in [0.1, 0.15) is 24.2 Å². The van der Waals surface area contributed by atoms with E-state index in [9.17, 15) is 9.59 Å². The van der Waals surface area contributed by atoms with Crippen molar-refractivity contribution in [1.29, 1.82) is 0 Å². The summed E-state index contributed by atoms with van der Waals surface area (Å²) in [4.78, 5) is 25.4. The molecule has 1 N–H and O–H groups in total. The Hall–Kier alpha value is -3.98. The molecule has 0 saturated carbocycles. The molecular weight excluding hydrogens is 540 g/mol. The largest absolute Gasteiger partial charge is 0.494 e. The Kier molecular flexibility index (Phi) is 9.60. The molecule has 3 aromatic carbocycles. The van der Waals surface area contributed by atoms with Crippen molar-refractivity contribution in [3.05, 3.63) is 76.9 Å². The number of thiol groups is 1. The Bertz CT molecular complexity index is 1440. The van der Waals surface area contributed by atoms with Crippen LogP contribution in [0.25, 0.3) is 0 Å². The Balaban J connectivity index is 1.52. The van der Waals surface area contributed by atoms with Crippen LogP contribution in [0.4, 0.5) is 11.4 Å². The van der Waals surface area contributed by atoms with Gasteiger partial charge in [-0.2, -0.15) is 4.28 Å². The van der Waals surface area contributed by atoms with Gasteiger partial charge in [-0.3, -0.25) is 9.59 Å². The van der Waals surface area contributed by atoms with Gasteiger partial charge in [0.15, 0.2) is 11.5 Å². The van der Waals surface area contributed by atoms with Crippen LogP contribution in [0.2, 0.25) is 0 Å². The predicted octanol–water partition coefficient (Wildman–Crippen LogP) is 6.47. The number of carbonyl (C=O) groups excluding carboxylic acids is 2. The van der Waals surface area contributed by atoms with Crippen molar-refractivity contribution in [3.8, 4) is 17.2 Å². The zero-order valence-corrected chi connectivity index (χ0v) is 25.0. The fourth-order valence-corrected chi connectivity index (χ4v) is 4.85. The van der Waals surface area contributed by atoms with Gasteiger partial charge in [-0.25, -0.2) is 0 Å². The van der Waals surface area contributed by atoms with Gasteiger partial charge in [-0.1, -0.05) is 45.0 Å². The number of hydrogen-bond donors (Lipinski definition) is 2. The van der Waals surface area contributed by atoms with Crippen LogP contribution in [0.5, 0.6) is 17.2 Å². The molecule has 0 fully saturated rings. The number of anilines is 1. The molecule has 8 nitrogen and oxygen atoms in total. The second-order valence-corrected chi connectivity index (χ2v) is 11.0. The normalized spacial score (nSPS) is 13.2. The summed E-state index contributed by atoms with van der Waals surface area (Å²) in [5, 5.41) is 2.88. The van der Waals surface area contributed by atoms with Crippen LogP contribution in [0.1, 0.15) is 67.1 Å². The second kappa shape index (κ2) is 13.1. The summed E-state index contributed by atoms with van der Waals surface area (Å²) in [6, 6.07) is 16.8. The Morgan fingerprint density at radius 2 is 1.78 bits per heavy atom. The third-order valence-corrected chi connectivity index (χ3v) is 7.15. The number of aryl methyl sites for hydroxylation is 1. The van der Waals surface area contributed by atoms with Crippen molar-refractivity contribution in [3.63, 3.8) is 0 Å². The third kappa shape index (κ3) is 7.03. The molecule has 0 aromatic heterocycles. The number of amides is 1. The van der Waals surface area contributed by atoms with Gasteiger partial charge in [0.2, 0.25) is 17.9 Å². The summed E-state index contributed by atoms with van der Waals surface area (Å²) < 4.78 is 23.9. The molecule has 0 aliphatic carbocycles. The lowest BCUT2D eigenvalue weighted by molar-refractivity contribution is -0.672. The van der Waals surface area contributed by atoms with Crippen LogP contribution in [0.15, 0.2) is 54.6 Å². The van der Waals surface area contributed by atoms with Gasteiger partial charge in [-0.05, 0) is 53.6 Å². The summed E-state index contributed by atoms with van der Waals surface area (Å²) in [6.45, 7) is 6.86. The molecule has 0 spiro atoms. The van der Waals surface area contributed by atoms with E-state index in [2.05, 4.69) is 39.0 Å². The average Bonchev–Trinajstić information content (AvgIpc) is 2.97. The lowest BCUT2D eigenvalue weighted by Gasteiger charge is -2.19. The summed E-state index contributed by atoms with van der Waals surface area (Å²) in [5.74, 6) is 1.31. The van der Waals surface area contributed by atoms with Gasteiger partial charge in [0.05, 0.1) is 20.8 Å². The lowest BCUT2D eigenvalue weighted by Crippen LogP contribution is -2.18. The number of rotatable bonds is 11. The molecule has 0 radical (unpaired) electrons. The SMILES string of the molecule is COc1ccc([N+](=CCCCOc2ccc3c(c2)CCC(=O)N3)OS)c(C(=O)c2ccc(C(C)(C)C)cc2)c1OC. The van der Waals surface area contributed by atoms with E-state index in [-0.39, 0.29) is 17.1 Å². The molecule has 0 unspecified atom stereocenters. The van der Waals surface area contributed by atoms with Gasteiger partial charge in [0, 0.05) is 34.9 Å². The first-order valence-electron chi connectivity index (χ1n) is 13.6. The molecule has 216 valence electrons. The zero-order chi connectivity index (χ0) is 29.6. The van der Waals surface area contributed by atoms with Crippen molar-refractivity contribution in [2.24, 2.45) is 0 Å². The molecular formula is C32H37N2O6S+. The number of fused-ring (bicyclic) bond motifs is 1. The first-order valence-corrected chi connectivity index (χ1v) is 13.9. The van der Waals surface area contributed by atoms with Gasteiger partial charge >= 0.3 is 0 Å². The number of ether oxygens (including phenoxy) is 3. The van der Waals surface area contributed by atoms with E-state index in [1.165, 1.54) is 19.0 Å². The highest BCUT2D eigenvalue weighted by molar-refractivity contribution is 7.74. The highest BCUT2D eigenvalue weighted by atomic mass is 32.1. The predicted molar refractivity (Wildman–Crippen MR) is 162 cm³/mol. The molecule has 9 heteroatoms. The summed E-state index contributed by atoms with van der Waals surface area (Å²) in [5.41, 5.74) is 4.30. The Morgan fingerprint density at radius 3 is 2.44 bits per heavy atom. The fraction of sp³-hybridized carbons (Fsp3) is 0.344. The highest BCUT2D eigenvalue weighted by Gasteiger charge is 2.30. The van der Waals surface area contributed by atoms with Crippen molar-refractivity contribution in [2.75, 3.05) is 26.1 Å². The number of ketones is 1. The topological polar surface area (TPSA) is 86.1 Å². The number of nitrogens with zero attached hydrogens (tertiary/aromatic N) is 1. The molecule has 1 aliphatic heterocycles. The van der Waals surface area contributed by atoms with Crippen LogP contribution in [0.3, 0.4) is 0 Å². The monoisotopic (exact) mass is 577 g/mol. The Labute approximate surface area is 246 Å². The maximum absolute atomic E-state index is 13.8. The summed E-state index contributed by atoms with van der Waals surface area (Å²) in [6.07, 6.45) is 4.26. The minimum Gasteiger partial charge on any atom is -0.494 e. The quantitative estimate of drug-likeness (QED) is 0.0517. The standard InChI is InChI=1S/C32H36N2O6S/c1-32(2,3)23-11-8-21(9-12-23)30(36)29-26(15-16-27(37-4)31(29)38-5)34(40-41)18-6-7-19-39-24-13-14-25-22(20-24)10-17-28(35)33-25/h8-9,11-16,18,20H,6-7,10,17,19H2,1-5H3,(H-,33,35,41)/p+1. The van der Waals surface area contributed by atoms with E-state index in [0.717, 1.165) is 22.6 Å². The van der Waals surface area contributed by atoms with E-state index in [0.29, 0.717) is 60.6 Å². The molecule has 41 heavy (non-hydrogen) atoms. The minimum absolute atomic E-state index is 0.0344. The van der Waals surface area contributed by atoms with Crippen LogP contribution in [-0.2, 0) is 20.9 Å². The number of carbonyl (C=O) groups is 2. The van der Waals surface area contributed by atoms with Gasteiger partial charge in [0.25, 0.3) is 5.69 Å². The van der Waals surface area contributed by atoms with Crippen molar-refractivity contribution in [2.45, 2.75) is 51.9 Å². The third-order valence-electron chi connectivity index (χ3n) is 6.97. The van der Waals surface area contributed by atoms with E-state index < -0.39 is 0 Å². The number of methoxy groups -OCH3 is 2. The maximum atomic E-state index is 13.8. The molecule has 3 aromatic rings. The van der Waals surface area contributed by atoms with E-state index in [1.807, 2.05) is 42.5 Å². The molecule has 0 saturated heterocycles. The number of nitrogens with one attached hydrogen (secondary N) is 1. The average molecular weight is 578 g/mol. The second-order valence-electron chi connectivity index (χ2n) is 10.8. The van der Waals surface area contributed by atoms with Crippen molar-refractivity contribution in [1.82, 2.24) is 0 Å². The molecule has 1 aliphatic rings. The smallest absolute Gasteiger partial charge is 0.273 e. The first kappa shape index (κ1) is 30.0. The number of benzene rings is 3. The van der Waals surface area contributed by atoms with E-state index >= 15 is 0 Å². The minimum atomic E-state index is -0.230. The first-order chi connectivity index (χ1) is 19.7. The molecule has 0 atom stereocenters. The van der Waals surface area contributed by atoms with E-state index in [4.69, 9.17) is 18.5 Å². The van der Waals surface area contributed by atoms with Crippen LogP contribution < -0.4 is 19.5 Å². The molecule has 1 heterocycles. The van der Waals surface area contributed by atoms with Crippen LogP contribution in [0, 0.1) is 0 Å². The fourth-order valence-electron chi connectivity index (χ4n) is 4.69. The zero-order valence-electron chi connectivity index (χ0n) is 24.2. The van der Waals surface area contributed by atoms with E-state index in [1.54, 1.807) is 18.3 Å². The molecule has 1 amide bonds. The number of hydrogen-bond acceptors (Lipinski definition) is 7. The van der Waals surface area contributed by atoms with Gasteiger partial charge in [-0.15, -0.1) is 0 Å². The summed E-state index contributed by atoms with van der Waals surface area (Å²) >= 11 is 4.07. The number of unbranched alkanes of at least 4 members (excludes halogenated alkanes) is 1. The van der Waals surface area contributed by atoms with Gasteiger partial charge < -0.3 is 19.5 Å². The van der Waals surface area contributed by atoms with Crippen LogP contribution in [-0.4, -0.2) is 43.5 Å². The Morgan fingerprint density at radius 1 is 1.02 bits per heavy atom. The van der Waals surface area contributed by atoms with Crippen molar-refractivity contribution < 1.29 is 32.8 Å². The van der Waals surface area contributed by atoms with Crippen molar-refractivity contribution >= 4 is 42.2 Å². The summed E-state index contributed by atoms with van der Waals surface area (Å²) in [7, 11) is 3.03. The molecule has 4 rings (SSSR count). The lowest BCUT2D eigenvalue weighted by atomic mass is 9.86. The maximum Gasteiger partial charge on any atom is 0.273 e. The van der Waals surface area contributed by atoms with Crippen LogP contribution >= 0.6 is 12.9 Å².